The number of halogens is 3. The molecule has 57 heavy (non-hydrogen) atoms. The van der Waals surface area contributed by atoms with Gasteiger partial charge in [-0.05, 0) is 102 Å². The third kappa shape index (κ3) is 6.69. The van der Waals surface area contributed by atoms with Gasteiger partial charge in [-0.25, -0.2) is 17.7 Å². The summed E-state index contributed by atoms with van der Waals surface area (Å²) in [6, 6.07) is 13.9. The Hall–Kier alpha value is -4.44. The van der Waals surface area contributed by atoms with E-state index in [1.54, 1.807) is 19.9 Å². The SMILES string of the molecule is COC(=O)N[C@H](C(=O)N1CC2(CC2)C[C@H]1C(=O)OCC(=O)c1ccc2c(c1)C(F)(F)c1cc(-c3ccc4nc([C@@H]5CN(I)[C@@H]6CC[C@H]5C6)[nH]c4c3)ccc1-2)C(C)C. The lowest BCUT2D eigenvalue weighted by Crippen LogP contribution is -2.54. The zero-order valence-electron chi connectivity index (χ0n) is 31.9. The Labute approximate surface area is 342 Å². The van der Waals surface area contributed by atoms with Crippen molar-refractivity contribution < 1.29 is 37.4 Å². The molecule has 4 aromatic rings. The zero-order chi connectivity index (χ0) is 40.0. The van der Waals surface area contributed by atoms with Gasteiger partial charge in [0.2, 0.25) is 5.91 Å². The van der Waals surface area contributed by atoms with E-state index in [4.69, 9.17) is 14.5 Å². The highest BCUT2D eigenvalue weighted by atomic mass is 127. The highest BCUT2D eigenvalue weighted by Crippen LogP contribution is 2.55. The summed E-state index contributed by atoms with van der Waals surface area (Å²) in [6.07, 6.45) is 4.94. The zero-order valence-corrected chi connectivity index (χ0v) is 34.1. The molecule has 14 heteroatoms. The summed E-state index contributed by atoms with van der Waals surface area (Å²) in [6.45, 7) is 4.18. The number of methoxy groups -OCH3 is 1. The number of aromatic amines is 1. The van der Waals surface area contributed by atoms with Crippen LogP contribution in [0, 0.1) is 17.3 Å². The van der Waals surface area contributed by atoms with Crippen LogP contribution in [-0.2, 0) is 25.0 Å². The van der Waals surface area contributed by atoms with E-state index in [9.17, 15) is 19.2 Å². The minimum atomic E-state index is -3.38. The molecule has 298 valence electrons. The van der Waals surface area contributed by atoms with Gasteiger partial charge in [0.05, 0.1) is 18.1 Å². The number of imidazole rings is 1. The number of alkyl carbamates (subject to hydrolysis) is 1. The molecule has 2 saturated heterocycles. The Balaban J connectivity index is 0.896. The molecule has 5 atom stereocenters. The quantitative estimate of drug-likeness (QED) is 0.0755. The fraction of sp³-hybridized carbons (Fsp3) is 0.465. The van der Waals surface area contributed by atoms with Gasteiger partial charge in [0.1, 0.15) is 17.9 Å². The third-order valence-electron chi connectivity index (χ3n) is 13.1. The first-order chi connectivity index (χ1) is 27.2. The fourth-order valence-electron chi connectivity index (χ4n) is 9.60. The Bertz CT molecular complexity index is 2330. The maximum absolute atomic E-state index is 16.3. The molecule has 3 aliphatic carbocycles. The molecular formula is C43H44F2IN5O6. The molecule has 1 spiro atoms. The first-order valence-electron chi connectivity index (χ1n) is 19.7. The molecule has 5 aliphatic rings. The summed E-state index contributed by atoms with van der Waals surface area (Å²) in [4.78, 5) is 62.4. The number of piperidine rings is 1. The number of nitrogens with zero attached hydrogens (tertiary/aromatic N) is 3. The number of amides is 2. The van der Waals surface area contributed by atoms with E-state index in [-0.39, 0.29) is 28.0 Å². The Kier molecular flexibility index (Phi) is 9.45. The molecule has 4 fully saturated rings. The number of hydrogen-bond acceptors (Lipinski definition) is 8. The molecule has 2 amide bonds. The number of ketones is 1. The smallest absolute Gasteiger partial charge is 0.407 e. The Morgan fingerprint density at radius 1 is 1.00 bits per heavy atom. The molecule has 3 aromatic carbocycles. The van der Waals surface area contributed by atoms with Gasteiger partial charge in [-0.2, -0.15) is 8.78 Å². The number of esters is 1. The monoisotopic (exact) mass is 891 g/mol. The normalized spacial score (nSPS) is 24.4. The van der Waals surface area contributed by atoms with Crippen molar-refractivity contribution in [3.8, 4) is 22.3 Å². The lowest BCUT2D eigenvalue weighted by Gasteiger charge is -2.33. The van der Waals surface area contributed by atoms with Crippen LogP contribution in [0.3, 0.4) is 0 Å². The standard InChI is InChI=1S/C43H44F2IN5O6/c1-22(2)37(49-41(55)56-3)39(53)50-21-42(12-13-42)18-35(50)40(54)57-20-36(52)26-6-10-29-28-9-5-23(15-31(28)43(44,45)32(29)16-26)24-7-11-33-34(17-24)48-38(47-33)30-19-51(46)27-8-4-25(30)14-27/h5-7,9-11,15-17,22,25,27,30,35,37H,4,8,12-14,18-21H2,1-3H3,(H,47,48)(H,49,55)/t25-,27+,30+,35-,37-/m0/s1. The molecule has 0 radical (unpaired) electrons. The average molecular weight is 892 g/mol. The van der Waals surface area contributed by atoms with Crippen molar-refractivity contribution in [2.75, 3.05) is 26.8 Å². The van der Waals surface area contributed by atoms with Crippen molar-refractivity contribution in [3.63, 3.8) is 0 Å². The van der Waals surface area contributed by atoms with Crippen LogP contribution >= 0.6 is 22.9 Å². The number of rotatable bonds is 9. The largest absolute Gasteiger partial charge is 0.456 e. The van der Waals surface area contributed by atoms with Crippen LogP contribution in [0.15, 0.2) is 54.6 Å². The van der Waals surface area contributed by atoms with E-state index in [0.29, 0.717) is 47.5 Å². The molecule has 2 aliphatic heterocycles. The van der Waals surface area contributed by atoms with Gasteiger partial charge in [-0.1, -0.05) is 44.2 Å². The van der Waals surface area contributed by atoms with E-state index in [0.717, 1.165) is 41.8 Å². The summed E-state index contributed by atoms with van der Waals surface area (Å²) in [5, 5.41) is 2.56. The van der Waals surface area contributed by atoms with Crippen LogP contribution in [-0.4, -0.2) is 86.7 Å². The second-order valence-corrected chi connectivity index (χ2v) is 18.2. The number of likely N-dealkylation sites (tertiary alicyclic amines) is 1. The molecule has 2 N–H and O–H groups in total. The van der Waals surface area contributed by atoms with Crippen LogP contribution in [0.4, 0.5) is 13.6 Å². The fourth-order valence-corrected chi connectivity index (χ4v) is 10.5. The van der Waals surface area contributed by atoms with E-state index in [2.05, 4.69) is 36.3 Å². The van der Waals surface area contributed by atoms with Gasteiger partial charge < -0.3 is 24.7 Å². The van der Waals surface area contributed by atoms with Crippen molar-refractivity contribution in [3.05, 3.63) is 77.1 Å². The maximum Gasteiger partial charge on any atom is 0.407 e. The summed E-state index contributed by atoms with van der Waals surface area (Å²) >= 11 is 2.44. The van der Waals surface area contributed by atoms with Gasteiger partial charge >= 0.3 is 12.1 Å². The number of Topliss-reactive ketones (excluding diaryl/α,β-unsaturated/α-hetero) is 1. The number of carbonyl (C=O) groups is 4. The van der Waals surface area contributed by atoms with Crippen molar-refractivity contribution in [2.45, 2.75) is 82.3 Å². The first kappa shape index (κ1) is 38.1. The van der Waals surface area contributed by atoms with Gasteiger partial charge in [-0.15, -0.1) is 0 Å². The van der Waals surface area contributed by atoms with E-state index < -0.39 is 48.4 Å². The van der Waals surface area contributed by atoms with Gasteiger partial charge in [0, 0.05) is 64.6 Å². The van der Waals surface area contributed by atoms with Gasteiger partial charge in [0.25, 0.3) is 5.92 Å². The molecular weight excluding hydrogens is 847 g/mol. The van der Waals surface area contributed by atoms with Crippen LogP contribution in [0.1, 0.15) is 85.6 Å². The second-order valence-electron chi connectivity index (χ2n) is 16.9. The number of fused-ring (bicyclic) bond motifs is 6. The topological polar surface area (TPSA) is 134 Å². The number of ether oxygens (including phenoxy) is 2. The van der Waals surface area contributed by atoms with Crippen LogP contribution < -0.4 is 5.32 Å². The number of nitrogens with one attached hydrogen (secondary N) is 2. The van der Waals surface area contributed by atoms with Gasteiger partial charge in [-0.3, -0.25) is 9.59 Å². The molecule has 2 saturated carbocycles. The van der Waals surface area contributed by atoms with E-state index in [1.807, 2.05) is 24.3 Å². The lowest BCUT2D eigenvalue weighted by molar-refractivity contribution is -0.153. The van der Waals surface area contributed by atoms with Crippen molar-refractivity contribution >= 4 is 57.7 Å². The summed E-state index contributed by atoms with van der Waals surface area (Å²) < 4.78 is 45.2. The Morgan fingerprint density at radius 3 is 2.46 bits per heavy atom. The number of alkyl halides is 2. The van der Waals surface area contributed by atoms with Crippen LogP contribution in [0.2, 0.25) is 0 Å². The third-order valence-corrected chi connectivity index (χ3v) is 14.2. The maximum atomic E-state index is 16.3. The summed E-state index contributed by atoms with van der Waals surface area (Å²) in [7, 11) is 1.21. The van der Waals surface area contributed by atoms with Crippen molar-refractivity contribution in [2.24, 2.45) is 17.3 Å². The lowest BCUT2D eigenvalue weighted by atomic mass is 9.87. The van der Waals surface area contributed by atoms with Crippen LogP contribution in [0.25, 0.3) is 33.3 Å². The number of aromatic nitrogens is 2. The number of hydrogen-bond donors (Lipinski definition) is 2. The highest BCUT2D eigenvalue weighted by Gasteiger charge is 2.56. The van der Waals surface area contributed by atoms with E-state index >= 15 is 8.78 Å². The molecule has 3 heterocycles. The summed E-state index contributed by atoms with van der Waals surface area (Å²) in [5.41, 5.74) is 3.26. The average Bonchev–Trinajstić information content (AvgIpc) is 3.50. The highest BCUT2D eigenvalue weighted by molar-refractivity contribution is 14.1. The minimum Gasteiger partial charge on any atom is -0.456 e. The summed E-state index contributed by atoms with van der Waals surface area (Å²) in [5.74, 6) is -3.54. The van der Waals surface area contributed by atoms with E-state index in [1.165, 1.54) is 55.5 Å². The number of H-pyrrole nitrogens is 1. The van der Waals surface area contributed by atoms with Crippen molar-refractivity contribution in [1.29, 1.82) is 0 Å². The molecule has 0 unspecified atom stereocenters. The molecule has 1 aromatic heterocycles. The van der Waals surface area contributed by atoms with Crippen molar-refractivity contribution in [1.82, 2.24) is 23.3 Å². The van der Waals surface area contributed by atoms with Gasteiger partial charge in [0.15, 0.2) is 12.4 Å². The number of benzene rings is 3. The predicted octanol–water partition coefficient (Wildman–Crippen LogP) is 7.76. The molecule has 2 bridgehead atoms. The van der Waals surface area contributed by atoms with Crippen LogP contribution in [0.5, 0.6) is 0 Å². The predicted molar refractivity (Wildman–Crippen MR) is 216 cm³/mol. The first-order valence-corrected chi connectivity index (χ1v) is 20.7. The second kappa shape index (κ2) is 14.1. The Morgan fingerprint density at radius 2 is 1.72 bits per heavy atom. The molecule has 9 rings (SSSR count). The number of carbonyl (C=O) groups excluding carboxylic acids is 4. The molecule has 11 nitrogen and oxygen atoms in total. The minimum absolute atomic E-state index is 0.00768.